The lowest BCUT2D eigenvalue weighted by Gasteiger charge is -2.25. The molecule has 25 heavy (non-hydrogen) atoms. The van der Waals surface area contributed by atoms with Crippen LogP contribution < -0.4 is 30.1 Å². The van der Waals surface area contributed by atoms with Gasteiger partial charge in [0.15, 0.2) is 11.5 Å². The molecule has 2 aliphatic rings. The third kappa shape index (κ3) is 3.68. The predicted octanol–water partition coefficient (Wildman–Crippen LogP) is 1.62. The van der Waals surface area contributed by atoms with E-state index in [4.69, 9.17) is 14.2 Å². The first-order chi connectivity index (χ1) is 12.2. The van der Waals surface area contributed by atoms with Crippen LogP contribution in [0.1, 0.15) is 32.1 Å². The lowest BCUT2D eigenvalue weighted by atomic mass is 9.84. The molecule has 7 nitrogen and oxygen atoms in total. The Kier molecular flexibility index (Phi) is 5.67. The minimum Gasteiger partial charge on any atom is -0.622 e. The predicted molar refractivity (Wildman–Crippen MR) is 94.8 cm³/mol. The van der Waals surface area contributed by atoms with Crippen molar-refractivity contribution in [3.05, 3.63) is 29.2 Å². The summed E-state index contributed by atoms with van der Waals surface area (Å²) in [6.45, 7) is 0. The largest absolute Gasteiger partial charge is 0.622 e. The minimum absolute atomic E-state index is 0.0925. The van der Waals surface area contributed by atoms with Crippen LogP contribution in [0.5, 0.6) is 17.2 Å². The zero-order chi connectivity index (χ0) is 17.8. The van der Waals surface area contributed by atoms with Crippen molar-refractivity contribution in [2.24, 2.45) is 5.92 Å². The average Bonchev–Trinajstić information content (AvgIpc) is 3.17. The molecule has 1 aromatic carbocycles. The molecule has 2 unspecified atom stereocenters. The van der Waals surface area contributed by atoms with Gasteiger partial charge >= 0.3 is 0 Å². The topological polar surface area (TPSA) is 79.3 Å². The van der Waals surface area contributed by atoms with E-state index in [-0.39, 0.29) is 11.1 Å². The van der Waals surface area contributed by atoms with Gasteiger partial charge in [0.2, 0.25) is 11.6 Å². The zero-order valence-corrected chi connectivity index (χ0v) is 15.1. The van der Waals surface area contributed by atoms with E-state index in [0.29, 0.717) is 34.7 Å². The number of quaternary nitrogens is 1. The zero-order valence-electron chi connectivity index (χ0n) is 15.1. The van der Waals surface area contributed by atoms with Crippen molar-refractivity contribution in [3.8, 4) is 17.2 Å². The second-order valence-corrected chi connectivity index (χ2v) is 6.52. The average molecular weight is 349 g/mol. The lowest BCUT2D eigenvalue weighted by molar-refractivity contribution is -0.735. The number of nitrogens with one attached hydrogen (secondary N) is 3. The Balaban J connectivity index is 1.81. The van der Waals surface area contributed by atoms with Crippen molar-refractivity contribution in [1.29, 1.82) is 0 Å². The van der Waals surface area contributed by atoms with E-state index in [9.17, 15) is 5.21 Å². The molecule has 3 rings (SSSR count). The monoisotopic (exact) mass is 349 g/mol. The fraction of sp³-hybridized carbons (Fsp3) is 0.556. The smallest absolute Gasteiger partial charge is 0.216 e. The van der Waals surface area contributed by atoms with Gasteiger partial charge in [0, 0.05) is 18.2 Å². The Morgan fingerprint density at radius 1 is 1.00 bits per heavy atom. The number of rotatable bonds is 6. The highest BCUT2D eigenvalue weighted by atomic mass is 16.5. The molecule has 1 saturated carbocycles. The van der Waals surface area contributed by atoms with Crippen LogP contribution >= 0.6 is 0 Å². The van der Waals surface area contributed by atoms with E-state index in [1.807, 2.05) is 6.08 Å². The minimum atomic E-state index is -0.0925. The molecule has 1 heterocycles. The van der Waals surface area contributed by atoms with Crippen LogP contribution in [0.25, 0.3) is 0 Å². The Labute approximate surface area is 148 Å². The molecule has 3 N–H and O–H groups in total. The van der Waals surface area contributed by atoms with Crippen molar-refractivity contribution in [2.45, 2.75) is 38.1 Å². The molecule has 0 spiro atoms. The molecule has 1 aliphatic heterocycles. The van der Waals surface area contributed by atoms with Crippen LogP contribution in [0.15, 0.2) is 24.0 Å². The van der Waals surface area contributed by atoms with Crippen LogP contribution in [0.4, 0.5) is 5.69 Å². The molecule has 0 saturated heterocycles. The normalized spacial score (nSPS) is 22.1. The number of ether oxygens (including phenoxy) is 3. The Morgan fingerprint density at radius 3 is 2.20 bits per heavy atom. The highest BCUT2D eigenvalue weighted by molar-refractivity contribution is 5.58. The Morgan fingerprint density at radius 2 is 1.64 bits per heavy atom. The number of hydrogen-bond donors (Lipinski definition) is 3. The van der Waals surface area contributed by atoms with Gasteiger partial charge in [-0.1, -0.05) is 19.3 Å². The summed E-state index contributed by atoms with van der Waals surface area (Å²) in [7, 11) is 4.63. The fourth-order valence-corrected chi connectivity index (χ4v) is 3.67. The van der Waals surface area contributed by atoms with Crippen LogP contribution in [-0.4, -0.2) is 27.4 Å². The second kappa shape index (κ2) is 7.95. The molecule has 0 amide bonds. The van der Waals surface area contributed by atoms with Crippen LogP contribution in [0.2, 0.25) is 0 Å². The van der Waals surface area contributed by atoms with Crippen molar-refractivity contribution in [3.63, 3.8) is 0 Å². The molecular formula is C18H27N3O4. The van der Waals surface area contributed by atoms with E-state index in [0.717, 1.165) is 0 Å². The van der Waals surface area contributed by atoms with Gasteiger partial charge in [-0.3, -0.25) is 10.5 Å². The fourth-order valence-electron chi connectivity index (χ4n) is 3.67. The summed E-state index contributed by atoms with van der Waals surface area (Å²) in [5.41, 5.74) is 6.81. The van der Waals surface area contributed by atoms with E-state index in [1.54, 1.807) is 33.5 Å². The van der Waals surface area contributed by atoms with Crippen molar-refractivity contribution < 1.29 is 19.3 Å². The van der Waals surface area contributed by atoms with Crippen molar-refractivity contribution in [2.75, 3.05) is 21.3 Å². The molecule has 7 heteroatoms. The highest BCUT2D eigenvalue weighted by Gasteiger charge is 2.29. The maximum absolute atomic E-state index is 12.9. The summed E-state index contributed by atoms with van der Waals surface area (Å²) < 4.78 is 16.0. The lowest BCUT2D eigenvalue weighted by Crippen LogP contribution is -3.01. The summed E-state index contributed by atoms with van der Waals surface area (Å²) in [6.07, 6.45) is 8.29. The summed E-state index contributed by atoms with van der Waals surface area (Å²) in [6, 6.07) is 3.57. The van der Waals surface area contributed by atoms with Gasteiger partial charge in [-0.05, 0) is 18.8 Å². The quantitative estimate of drug-likeness (QED) is 0.678. The maximum atomic E-state index is 12.9. The van der Waals surface area contributed by atoms with E-state index >= 15 is 0 Å². The van der Waals surface area contributed by atoms with Crippen molar-refractivity contribution >= 4 is 5.69 Å². The van der Waals surface area contributed by atoms with Crippen LogP contribution in [-0.2, 0) is 0 Å². The van der Waals surface area contributed by atoms with Gasteiger partial charge in [-0.25, -0.2) is 5.43 Å². The third-order valence-corrected chi connectivity index (χ3v) is 5.05. The van der Waals surface area contributed by atoms with Crippen molar-refractivity contribution in [1.82, 2.24) is 10.9 Å². The first kappa shape index (κ1) is 17.8. The van der Waals surface area contributed by atoms with Gasteiger partial charge in [0.25, 0.3) is 0 Å². The third-order valence-electron chi connectivity index (χ3n) is 5.05. The van der Waals surface area contributed by atoms with E-state index < -0.39 is 0 Å². The SMILES string of the molecule is COc1cc([NH+]([O-])C2=CC(C3CCCCC3)NN2)cc(OC)c1OC. The molecule has 138 valence electrons. The Bertz CT molecular complexity index is 604. The Hall–Kier alpha value is -1.96. The summed E-state index contributed by atoms with van der Waals surface area (Å²) in [5, 5.41) is 12.8. The summed E-state index contributed by atoms with van der Waals surface area (Å²) in [5.74, 6) is 2.59. The maximum Gasteiger partial charge on any atom is 0.216 e. The van der Waals surface area contributed by atoms with Crippen LogP contribution in [0.3, 0.4) is 0 Å². The molecular weight excluding hydrogens is 322 g/mol. The molecule has 1 aliphatic carbocycles. The van der Waals surface area contributed by atoms with Gasteiger partial charge in [-0.2, -0.15) is 0 Å². The number of methoxy groups -OCH3 is 3. The summed E-state index contributed by atoms with van der Waals surface area (Å²) >= 11 is 0. The van der Waals surface area contributed by atoms with Gasteiger partial charge in [-0.15, -0.1) is 0 Å². The van der Waals surface area contributed by atoms with Crippen LogP contribution in [0, 0.1) is 11.1 Å². The second-order valence-electron chi connectivity index (χ2n) is 6.52. The molecule has 2 atom stereocenters. The molecule has 1 aromatic rings. The molecule has 1 fully saturated rings. The van der Waals surface area contributed by atoms with E-state index in [1.165, 1.54) is 32.1 Å². The first-order valence-electron chi connectivity index (χ1n) is 8.76. The number of hydroxylamine groups is 1. The number of hydrazine groups is 1. The number of hydrogen-bond acceptors (Lipinski definition) is 6. The summed E-state index contributed by atoms with van der Waals surface area (Å²) in [4.78, 5) is 0. The standard InChI is InChI=1S/C18H27N3O4/c1-23-15-9-13(10-16(24-2)18(15)25-3)21(22)17-11-14(19-20-17)12-7-5-4-6-8-12/h9-12,14,19-21H,4-8H2,1-3H3. The first-order valence-corrected chi connectivity index (χ1v) is 8.76. The van der Waals surface area contributed by atoms with Gasteiger partial charge in [0.1, 0.15) is 5.69 Å². The molecule has 0 bridgehead atoms. The van der Waals surface area contributed by atoms with Gasteiger partial charge in [0.05, 0.1) is 27.4 Å². The molecule has 0 aromatic heterocycles. The van der Waals surface area contributed by atoms with E-state index in [2.05, 4.69) is 10.9 Å². The highest BCUT2D eigenvalue weighted by Crippen LogP contribution is 2.39. The number of benzene rings is 1. The van der Waals surface area contributed by atoms with Gasteiger partial charge < -0.3 is 19.4 Å². The molecule has 0 radical (unpaired) electrons.